The van der Waals surface area contributed by atoms with Crippen molar-refractivity contribution in [1.82, 2.24) is 15.3 Å². The summed E-state index contributed by atoms with van der Waals surface area (Å²) in [5.74, 6) is 0.640. The first-order valence-corrected chi connectivity index (χ1v) is 6.47. The Morgan fingerprint density at radius 2 is 2.32 bits per heavy atom. The Kier molecular flexibility index (Phi) is 3.95. The minimum absolute atomic E-state index is 0.103. The molecule has 0 saturated heterocycles. The number of amides is 1. The highest BCUT2D eigenvalue weighted by Crippen LogP contribution is 2.27. The fraction of sp³-hybridized carbons (Fsp3) is 0.385. The topological polar surface area (TPSA) is 67.0 Å². The van der Waals surface area contributed by atoms with Crippen LogP contribution >= 0.6 is 11.6 Å². The molecule has 102 valence electrons. The molecule has 0 saturated carbocycles. The van der Waals surface area contributed by atoms with Crippen LogP contribution in [0.4, 0.5) is 0 Å². The average Bonchev–Trinajstić information content (AvgIpc) is 2.82. The smallest absolute Gasteiger partial charge is 0.287 e. The molecule has 0 radical (unpaired) electrons. The van der Waals surface area contributed by atoms with Crippen LogP contribution in [-0.2, 0) is 0 Å². The Hall–Kier alpha value is -1.75. The molecule has 1 atom stereocenters. The van der Waals surface area contributed by atoms with Crippen LogP contribution in [0.25, 0.3) is 11.0 Å². The highest BCUT2D eigenvalue weighted by molar-refractivity contribution is 6.35. The van der Waals surface area contributed by atoms with Crippen molar-refractivity contribution in [2.75, 3.05) is 7.11 Å². The van der Waals surface area contributed by atoms with Crippen molar-refractivity contribution in [2.45, 2.75) is 26.3 Å². The number of ether oxygens (including phenoxy) is 1. The number of rotatable bonds is 4. The second kappa shape index (κ2) is 5.48. The van der Waals surface area contributed by atoms with Crippen molar-refractivity contribution in [3.8, 4) is 5.75 Å². The fourth-order valence-corrected chi connectivity index (χ4v) is 1.92. The molecule has 0 fully saturated rings. The zero-order chi connectivity index (χ0) is 14.0. The molecule has 0 aliphatic rings. The van der Waals surface area contributed by atoms with Gasteiger partial charge in [-0.1, -0.05) is 18.5 Å². The van der Waals surface area contributed by atoms with Crippen LogP contribution in [0.5, 0.6) is 5.75 Å². The molecule has 2 aromatic rings. The van der Waals surface area contributed by atoms with Gasteiger partial charge < -0.3 is 15.0 Å². The Morgan fingerprint density at radius 3 is 2.95 bits per heavy atom. The lowest BCUT2D eigenvalue weighted by Gasteiger charge is -2.08. The number of imidazole rings is 1. The van der Waals surface area contributed by atoms with E-state index in [0.717, 1.165) is 6.42 Å². The van der Waals surface area contributed by atoms with Gasteiger partial charge in [-0.05, 0) is 13.3 Å². The van der Waals surface area contributed by atoms with Gasteiger partial charge in [0.05, 0.1) is 17.6 Å². The number of hydrogen-bond donors (Lipinski definition) is 2. The predicted octanol–water partition coefficient (Wildman–Crippen LogP) is 2.75. The van der Waals surface area contributed by atoms with Gasteiger partial charge in [-0.25, -0.2) is 4.98 Å². The highest BCUT2D eigenvalue weighted by Gasteiger charge is 2.15. The number of aromatic amines is 1. The summed E-state index contributed by atoms with van der Waals surface area (Å²) in [5.41, 5.74) is 1.25. The lowest BCUT2D eigenvalue weighted by atomic mass is 10.2. The molecule has 1 heterocycles. The lowest BCUT2D eigenvalue weighted by Crippen LogP contribution is -2.32. The van der Waals surface area contributed by atoms with E-state index in [-0.39, 0.29) is 17.8 Å². The molecule has 2 N–H and O–H groups in total. The van der Waals surface area contributed by atoms with E-state index in [1.807, 2.05) is 13.8 Å². The molecule has 5 nitrogen and oxygen atoms in total. The van der Waals surface area contributed by atoms with E-state index >= 15 is 0 Å². The number of hydrogen-bond acceptors (Lipinski definition) is 3. The molecule has 0 aliphatic heterocycles. The highest BCUT2D eigenvalue weighted by atomic mass is 35.5. The monoisotopic (exact) mass is 281 g/mol. The third kappa shape index (κ3) is 2.81. The van der Waals surface area contributed by atoms with Crippen LogP contribution in [0.1, 0.15) is 30.9 Å². The van der Waals surface area contributed by atoms with Gasteiger partial charge in [0.2, 0.25) is 0 Å². The average molecular weight is 282 g/mol. The van der Waals surface area contributed by atoms with E-state index < -0.39 is 0 Å². The summed E-state index contributed by atoms with van der Waals surface area (Å²) in [4.78, 5) is 19.1. The van der Waals surface area contributed by atoms with Gasteiger partial charge in [0.15, 0.2) is 5.82 Å². The molecule has 1 unspecified atom stereocenters. The Labute approximate surface area is 116 Å². The number of benzene rings is 1. The van der Waals surface area contributed by atoms with Crippen molar-refractivity contribution in [1.29, 1.82) is 0 Å². The fourth-order valence-electron chi connectivity index (χ4n) is 1.67. The first kappa shape index (κ1) is 13.7. The van der Waals surface area contributed by atoms with Crippen molar-refractivity contribution in [2.24, 2.45) is 0 Å². The van der Waals surface area contributed by atoms with E-state index in [1.54, 1.807) is 19.2 Å². The molecule has 6 heteroatoms. The van der Waals surface area contributed by atoms with Crippen molar-refractivity contribution < 1.29 is 9.53 Å². The number of nitrogens with zero attached hydrogens (tertiary/aromatic N) is 1. The van der Waals surface area contributed by atoms with E-state index in [2.05, 4.69) is 15.3 Å². The largest absolute Gasteiger partial charge is 0.497 e. The molecular formula is C13H16ClN3O2. The molecule has 1 amide bonds. The standard InChI is InChI=1S/C13H16ClN3O2/c1-4-7(2)15-13(18)12-16-10-6-8(19-3)5-9(14)11(10)17-12/h5-7H,4H2,1-3H3,(H,15,18)(H,16,17). The zero-order valence-electron chi connectivity index (χ0n) is 11.1. The molecule has 0 aliphatic carbocycles. The van der Waals surface area contributed by atoms with Crippen LogP contribution in [0, 0.1) is 0 Å². The normalized spacial score (nSPS) is 12.4. The van der Waals surface area contributed by atoms with Gasteiger partial charge >= 0.3 is 0 Å². The third-order valence-electron chi connectivity index (χ3n) is 2.95. The number of carbonyl (C=O) groups excluding carboxylic acids is 1. The maximum atomic E-state index is 12.0. The molecule has 1 aromatic heterocycles. The molecular weight excluding hydrogens is 266 g/mol. The molecule has 0 spiro atoms. The molecule has 0 bridgehead atoms. The van der Waals surface area contributed by atoms with Crippen LogP contribution in [0.3, 0.4) is 0 Å². The SMILES string of the molecule is CCC(C)NC(=O)c1nc2c(Cl)cc(OC)cc2[nH]1. The zero-order valence-corrected chi connectivity index (χ0v) is 11.8. The predicted molar refractivity (Wildman–Crippen MR) is 74.9 cm³/mol. The number of aromatic nitrogens is 2. The Balaban J connectivity index is 2.36. The number of methoxy groups -OCH3 is 1. The van der Waals surface area contributed by atoms with E-state index in [4.69, 9.17) is 16.3 Å². The Bertz CT molecular complexity index is 609. The van der Waals surface area contributed by atoms with E-state index in [9.17, 15) is 4.79 Å². The summed E-state index contributed by atoms with van der Waals surface area (Å²) in [5, 5.41) is 3.30. The van der Waals surface area contributed by atoms with Gasteiger partial charge in [0.25, 0.3) is 5.91 Å². The van der Waals surface area contributed by atoms with E-state index in [1.165, 1.54) is 0 Å². The summed E-state index contributed by atoms with van der Waals surface area (Å²) >= 11 is 6.10. The number of H-pyrrole nitrogens is 1. The summed E-state index contributed by atoms with van der Waals surface area (Å²) in [6.45, 7) is 3.95. The number of fused-ring (bicyclic) bond motifs is 1. The van der Waals surface area contributed by atoms with Gasteiger partial charge in [0, 0.05) is 18.2 Å². The summed E-state index contributed by atoms with van der Waals surface area (Å²) < 4.78 is 5.12. The second-order valence-corrected chi connectivity index (χ2v) is 4.78. The summed E-state index contributed by atoms with van der Waals surface area (Å²) in [6, 6.07) is 3.53. The van der Waals surface area contributed by atoms with Crippen molar-refractivity contribution >= 4 is 28.5 Å². The quantitative estimate of drug-likeness (QED) is 0.905. The summed E-state index contributed by atoms with van der Waals surface area (Å²) in [7, 11) is 1.56. The lowest BCUT2D eigenvalue weighted by molar-refractivity contribution is 0.0930. The Morgan fingerprint density at radius 1 is 1.58 bits per heavy atom. The van der Waals surface area contributed by atoms with Gasteiger partial charge in [-0.15, -0.1) is 0 Å². The number of nitrogens with one attached hydrogen (secondary N) is 2. The molecule has 1 aromatic carbocycles. The van der Waals surface area contributed by atoms with Crippen LogP contribution in [-0.4, -0.2) is 29.0 Å². The minimum Gasteiger partial charge on any atom is -0.497 e. The minimum atomic E-state index is -0.236. The first-order valence-electron chi connectivity index (χ1n) is 6.09. The molecule has 19 heavy (non-hydrogen) atoms. The van der Waals surface area contributed by atoms with E-state index in [0.29, 0.717) is 21.8 Å². The van der Waals surface area contributed by atoms with Crippen LogP contribution in [0.2, 0.25) is 5.02 Å². The third-order valence-corrected chi connectivity index (χ3v) is 3.24. The number of halogens is 1. The van der Waals surface area contributed by atoms with Gasteiger partial charge in [-0.3, -0.25) is 4.79 Å². The maximum Gasteiger partial charge on any atom is 0.287 e. The van der Waals surface area contributed by atoms with Gasteiger partial charge in [-0.2, -0.15) is 0 Å². The first-order chi connectivity index (χ1) is 9.05. The number of carbonyl (C=O) groups is 1. The van der Waals surface area contributed by atoms with Gasteiger partial charge in [0.1, 0.15) is 11.3 Å². The maximum absolute atomic E-state index is 12.0. The molecule has 2 rings (SSSR count). The second-order valence-electron chi connectivity index (χ2n) is 4.37. The van der Waals surface area contributed by atoms with Crippen LogP contribution < -0.4 is 10.1 Å². The van der Waals surface area contributed by atoms with Crippen LogP contribution in [0.15, 0.2) is 12.1 Å². The van der Waals surface area contributed by atoms with Crippen molar-refractivity contribution in [3.05, 3.63) is 23.0 Å². The summed E-state index contributed by atoms with van der Waals surface area (Å²) in [6.07, 6.45) is 0.862. The van der Waals surface area contributed by atoms with Crippen molar-refractivity contribution in [3.63, 3.8) is 0 Å².